The zero-order chi connectivity index (χ0) is 4.85. The minimum absolute atomic E-state index is 1.01. The highest BCUT2D eigenvalue weighted by Crippen LogP contribution is 2.39. The highest BCUT2D eigenvalue weighted by atomic mass is 15.2. The van der Waals surface area contributed by atoms with E-state index in [-0.39, 0.29) is 0 Å². The number of nitrogens with zero attached hydrogens (tertiary/aromatic N) is 1. The summed E-state index contributed by atoms with van der Waals surface area (Å²) in [5.41, 5.74) is 0. The van der Waals surface area contributed by atoms with Gasteiger partial charge >= 0.3 is 0 Å². The van der Waals surface area contributed by atoms with Crippen molar-refractivity contribution in [1.29, 1.82) is 0 Å². The fraction of sp³-hybridized carbons (Fsp3) is 1.00. The molecule has 2 rings (SSSR count). The van der Waals surface area contributed by atoms with E-state index in [1.165, 1.54) is 19.4 Å². The molecule has 0 aromatic rings. The molecule has 0 radical (unpaired) electrons. The molecular formula is C6H11N. The standard InChI is InChI=1S/C6H11N/c1-7-4-5-2-3-6(5)7/h5-6H,2-4H2,1H3/t5-,6?/m1/s1. The summed E-state index contributed by atoms with van der Waals surface area (Å²) in [4.78, 5) is 2.45. The number of piperidine rings is 1. The van der Waals surface area contributed by atoms with E-state index in [2.05, 4.69) is 11.9 Å². The SMILES string of the molecule is CN1C[C@H]2CCC21. The quantitative estimate of drug-likeness (QED) is 0.430. The van der Waals surface area contributed by atoms with E-state index >= 15 is 0 Å². The van der Waals surface area contributed by atoms with Crippen LogP contribution < -0.4 is 0 Å². The normalized spacial score (nSPS) is 49.3. The monoisotopic (exact) mass is 97.1 g/mol. The zero-order valence-electron chi connectivity index (χ0n) is 4.72. The van der Waals surface area contributed by atoms with Gasteiger partial charge in [-0.15, -0.1) is 0 Å². The molecule has 0 N–H and O–H groups in total. The van der Waals surface area contributed by atoms with E-state index in [4.69, 9.17) is 0 Å². The summed E-state index contributed by atoms with van der Waals surface area (Å²) in [6, 6.07) is 1.01. The number of hydrogen-bond acceptors (Lipinski definition) is 1. The van der Waals surface area contributed by atoms with Crippen LogP contribution in [0.25, 0.3) is 0 Å². The van der Waals surface area contributed by atoms with E-state index in [1.54, 1.807) is 0 Å². The first-order valence-electron chi connectivity index (χ1n) is 3.08. The van der Waals surface area contributed by atoms with Crippen LogP contribution in [0, 0.1) is 5.92 Å². The van der Waals surface area contributed by atoms with Crippen molar-refractivity contribution in [3.8, 4) is 0 Å². The Morgan fingerprint density at radius 2 is 2.29 bits per heavy atom. The molecule has 1 aliphatic heterocycles. The minimum atomic E-state index is 1.01. The summed E-state index contributed by atoms with van der Waals surface area (Å²) < 4.78 is 0. The summed E-state index contributed by atoms with van der Waals surface area (Å²) in [7, 11) is 2.22. The Morgan fingerprint density at radius 3 is 2.29 bits per heavy atom. The average Bonchev–Trinajstić information content (AvgIpc) is 1.59. The molecule has 1 nitrogen and oxygen atoms in total. The molecule has 40 valence electrons. The molecule has 1 heteroatoms. The molecule has 2 fully saturated rings. The van der Waals surface area contributed by atoms with Crippen LogP contribution in [0.4, 0.5) is 0 Å². The maximum Gasteiger partial charge on any atom is 0.0133 e. The maximum atomic E-state index is 2.45. The Morgan fingerprint density at radius 1 is 1.43 bits per heavy atom. The van der Waals surface area contributed by atoms with Gasteiger partial charge in [0.15, 0.2) is 0 Å². The molecular weight excluding hydrogens is 86.1 g/mol. The fourth-order valence-corrected chi connectivity index (χ4v) is 1.71. The molecule has 1 unspecified atom stereocenters. The van der Waals surface area contributed by atoms with Gasteiger partial charge in [0.05, 0.1) is 0 Å². The van der Waals surface area contributed by atoms with E-state index in [1.807, 2.05) is 0 Å². The Balaban J connectivity index is 1.99. The van der Waals surface area contributed by atoms with Crippen molar-refractivity contribution in [3.05, 3.63) is 0 Å². The molecule has 1 aliphatic carbocycles. The van der Waals surface area contributed by atoms with Crippen LogP contribution in [-0.4, -0.2) is 24.5 Å². The Kier molecular flexibility index (Phi) is 0.571. The van der Waals surface area contributed by atoms with E-state index < -0.39 is 0 Å². The third-order valence-electron chi connectivity index (χ3n) is 2.47. The van der Waals surface area contributed by atoms with Crippen molar-refractivity contribution in [2.45, 2.75) is 18.9 Å². The van der Waals surface area contributed by atoms with Gasteiger partial charge in [0, 0.05) is 12.6 Å². The van der Waals surface area contributed by atoms with Gasteiger partial charge in [0.1, 0.15) is 0 Å². The lowest BCUT2D eigenvalue weighted by molar-refractivity contribution is -0.0381. The van der Waals surface area contributed by atoms with E-state index in [9.17, 15) is 0 Å². The van der Waals surface area contributed by atoms with Gasteiger partial charge in [-0.2, -0.15) is 0 Å². The summed E-state index contributed by atoms with van der Waals surface area (Å²) in [6.45, 7) is 1.38. The predicted octanol–water partition coefficient (Wildman–Crippen LogP) is 0.710. The van der Waals surface area contributed by atoms with Crippen molar-refractivity contribution in [2.75, 3.05) is 13.6 Å². The van der Waals surface area contributed by atoms with Crippen LogP contribution >= 0.6 is 0 Å². The molecule has 0 spiro atoms. The van der Waals surface area contributed by atoms with Gasteiger partial charge in [-0.1, -0.05) is 0 Å². The summed E-state index contributed by atoms with van der Waals surface area (Å²) in [5, 5.41) is 0. The first-order valence-corrected chi connectivity index (χ1v) is 3.08. The van der Waals surface area contributed by atoms with Gasteiger partial charge in [-0.25, -0.2) is 0 Å². The van der Waals surface area contributed by atoms with Gasteiger partial charge < -0.3 is 4.90 Å². The predicted molar refractivity (Wildman–Crippen MR) is 29.1 cm³/mol. The third kappa shape index (κ3) is 0.325. The number of rotatable bonds is 0. The first kappa shape index (κ1) is 3.90. The fourth-order valence-electron chi connectivity index (χ4n) is 1.71. The van der Waals surface area contributed by atoms with Crippen molar-refractivity contribution >= 4 is 0 Å². The van der Waals surface area contributed by atoms with Crippen LogP contribution in [-0.2, 0) is 0 Å². The van der Waals surface area contributed by atoms with Gasteiger partial charge in [-0.3, -0.25) is 0 Å². The van der Waals surface area contributed by atoms with E-state index in [0.29, 0.717) is 0 Å². The molecule has 0 amide bonds. The summed E-state index contributed by atoms with van der Waals surface area (Å²) in [6.07, 6.45) is 2.98. The molecule has 1 saturated heterocycles. The topological polar surface area (TPSA) is 3.24 Å². The Hall–Kier alpha value is -0.0400. The van der Waals surface area contributed by atoms with E-state index in [0.717, 1.165) is 12.0 Å². The van der Waals surface area contributed by atoms with Gasteiger partial charge in [0.25, 0.3) is 0 Å². The minimum Gasteiger partial charge on any atom is -0.303 e. The van der Waals surface area contributed by atoms with Crippen molar-refractivity contribution in [3.63, 3.8) is 0 Å². The molecule has 0 aromatic heterocycles. The second-order valence-corrected chi connectivity index (χ2v) is 2.84. The second kappa shape index (κ2) is 1.03. The van der Waals surface area contributed by atoms with Crippen LogP contribution in [0.2, 0.25) is 0 Å². The summed E-state index contributed by atoms with van der Waals surface area (Å²) >= 11 is 0. The Bertz CT molecular complexity index is 86.2. The highest BCUT2D eigenvalue weighted by molar-refractivity contribution is 4.97. The lowest BCUT2D eigenvalue weighted by atomic mass is 9.72. The molecule has 0 aromatic carbocycles. The lowest BCUT2D eigenvalue weighted by Gasteiger charge is -2.54. The van der Waals surface area contributed by atoms with Crippen LogP contribution in [0.5, 0.6) is 0 Å². The number of hydrogen-bond donors (Lipinski definition) is 0. The largest absolute Gasteiger partial charge is 0.303 e. The molecule has 2 aliphatic rings. The number of fused-ring (bicyclic) bond motifs is 1. The maximum absolute atomic E-state index is 2.45. The van der Waals surface area contributed by atoms with Gasteiger partial charge in [-0.05, 0) is 25.8 Å². The van der Waals surface area contributed by atoms with Crippen LogP contribution in [0.3, 0.4) is 0 Å². The smallest absolute Gasteiger partial charge is 0.0133 e. The summed E-state index contributed by atoms with van der Waals surface area (Å²) in [5.74, 6) is 1.12. The van der Waals surface area contributed by atoms with Crippen molar-refractivity contribution in [2.24, 2.45) is 5.92 Å². The zero-order valence-corrected chi connectivity index (χ0v) is 4.72. The molecule has 0 bridgehead atoms. The van der Waals surface area contributed by atoms with Crippen molar-refractivity contribution in [1.82, 2.24) is 4.90 Å². The number of likely N-dealkylation sites (tertiary alicyclic amines) is 1. The van der Waals surface area contributed by atoms with Crippen LogP contribution in [0.1, 0.15) is 12.8 Å². The molecule has 7 heavy (non-hydrogen) atoms. The second-order valence-electron chi connectivity index (χ2n) is 2.84. The molecule has 2 atom stereocenters. The first-order chi connectivity index (χ1) is 3.38. The van der Waals surface area contributed by atoms with Gasteiger partial charge in [0.2, 0.25) is 0 Å². The molecule has 1 heterocycles. The Labute approximate surface area is 44.3 Å². The lowest BCUT2D eigenvalue weighted by Crippen LogP contribution is -2.59. The van der Waals surface area contributed by atoms with Crippen molar-refractivity contribution < 1.29 is 0 Å². The van der Waals surface area contributed by atoms with Crippen LogP contribution in [0.15, 0.2) is 0 Å². The molecule has 1 saturated carbocycles. The average molecular weight is 97.2 g/mol. The third-order valence-corrected chi connectivity index (χ3v) is 2.47. The highest BCUT2D eigenvalue weighted by Gasteiger charge is 2.42.